The van der Waals surface area contributed by atoms with Crippen LogP contribution in [0.5, 0.6) is 0 Å². The third kappa shape index (κ3) is 2.97. The molecule has 0 bridgehead atoms. The summed E-state index contributed by atoms with van der Waals surface area (Å²) in [6.45, 7) is -0.177. The Morgan fingerprint density at radius 3 is 2.53 bits per heavy atom. The fourth-order valence-corrected chi connectivity index (χ4v) is 1.27. The Morgan fingerprint density at radius 2 is 1.94 bits per heavy atom. The highest BCUT2D eigenvalue weighted by atomic mass is 16.4. The first-order chi connectivity index (χ1) is 8.25. The van der Waals surface area contributed by atoms with Gasteiger partial charge in [0.15, 0.2) is 0 Å². The number of nitrogens with one attached hydrogen (secondary N) is 1. The lowest BCUT2D eigenvalue weighted by Crippen LogP contribution is -2.13. The second-order valence-corrected chi connectivity index (χ2v) is 3.29. The minimum Gasteiger partial charge on any atom is -0.480 e. The average Bonchev–Trinajstić information content (AvgIpc) is 2.38. The van der Waals surface area contributed by atoms with Crippen LogP contribution >= 0.6 is 0 Å². The Kier molecular flexibility index (Phi) is 3.25. The molecule has 17 heavy (non-hydrogen) atoms. The van der Waals surface area contributed by atoms with Gasteiger partial charge in [0.1, 0.15) is 12.4 Å². The summed E-state index contributed by atoms with van der Waals surface area (Å²) in [4.78, 5) is 14.3. The molecule has 6 heteroatoms. The van der Waals surface area contributed by atoms with Crippen LogP contribution in [0.4, 0.5) is 5.82 Å². The van der Waals surface area contributed by atoms with E-state index in [0.717, 1.165) is 5.56 Å². The molecule has 0 amide bonds. The monoisotopic (exact) mass is 230 g/mol. The molecule has 2 aromatic heterocycles. The zero-order valence-electron chi connectivity index (χ0n) is 8.87. The number of carboxylic acids is 1. The minimum absolute atomic E-state index is 0.177. The summed E-state index contributed by atoms with van der Waals surface area (Å²) >= 11 is 0. The highest BCUT2D eigenvalue weighted by Gasteiger charge is 2.01. The molecule has 0 aliphatic rings. The van der Waals surface area contributed by atoms with Crippen LogP contribution in [0.25, 0.3) is 11.3 Å². The van der Waals surface area contributed by atoms with Gasteiger partial charge in [-0.05, 0) is 24.3 Å². The van der Waals surface area contributed by atoms with E-state index in [2.05, 4.69) is 20.5 Å². The molecular weight excluding hydrogens is 220 g/mol. The minimum atomic E-state index is -0.940. The van der Waals surface area contributed by atoms with Crippen LogP contribution in [-0.4, -0.2) is 32.8 Å². The summed E-state index contributed by atoms with van der Waals surface area (Å²) in [7, 11) is 0. The third-order valence-electron chi connectivity index (χ3n) is 2.06. The van der Waals surface area contributed by atoms with E-state index >= 15 is 0 Å². The van der Waals surface area contributed by atoms with Crippen molar-refractivity contribution < 1.29 is 9.90 Å². The summed E-state index contributed by atoms with van der Waals surface area (Å²) in [6, 6.07) is 7.11. The van der Waals surface area contributed by atoms with Gasteiger partial charge in [0.2, 0.25) is 0 Å². The standard InChI is InChI=1S/C11H10N4O2/c16-11(17)7-13-10-2-1-9(14-15-10)8-3-5-12-6-4-8/h1-6H,7H2,(H,13,15)(H,16,17). The second kappa shape index (κ2) is 5.02. The number of carboxylic acid groups (broad SMARTS) is 1. The van der Waals surface area contributed by atoms with Gasteiger partial charge >= 0.3 is 5.97 Å². The van der Waals surface area contributed by atoms with Crippen LogP contribution in [0.1, 0.15) is 0 Å². The molecule has 0 aliphatic heterocycles. The Bertz CT molecular complexity index is 499. The molecule has 0 saturated heterocycles. The predicted octanol–water partition coefficient (Wildman–Crippen LogP) is 1.04. The largest absolute Gasteiger partial charge is 0.480 e. The highest BCUT2D eigenvalue weighted by molar-refractivity contribution is 5.72. The first-order valence-electron chi connectivity index (χ1n) is 4.95. The van der Waals surface area contributed by atoms with Gasteiger partial charge in [-0.1, -0.05) is 0 Å². The first kappa shape index (κ1) is 11.0. The summed E-state index contributed by atoms with van der Waals surface area (Å²) < 4.78 is 0. The van der Waals surface area contributed by atoms with Gasteiger partial charge in [0.05, 0.1) is 5.69 Å². The maximum Gasteiger partial charge on any atom is 0.322 e. The van der Waals surface area contributed by atoms with Gasteiger partial charge in [0, 0.05) is 18.0 Å². The van der Waals surface area contributed by atoms with Crippen molar-refractivity contribution in [1.29, 1.82) is 0 Å². The number of hydrogen-bond acceptors (Lipinski definition) is 5. The van der Waals surface area contributed by atoms with Crippen LogP contribution in [0.3, 0.4) is 0 Å². The van der Waals surface area contributed by atoms with Crippen LogP contribution in [0.2, 0.25) is 0 Å². The molecule has 0 saturated carbocycles. The SMILES string of the molecule is O=C(O)CNc1ccc(-c2ccncc2)nn1. The van der Waals surface area contributed by atoms with E-state index < -0.39 is 5.97 Å². The zero-order valence-corrected chi connectivity index (χ0v) is 8.87. The summed E-state index contributed by atoms with van der Waals surface area (Å²) in [5.74, 6) is -0.504. The van der Waals surface area contributed by atoms with E-state index in [1.165, 1.54) is 0 Å². The molecule has 86 valence electrons. The molecule has 0 aromatic carbocycles. The van der Waals surface area contributed by atoms with E-state index in [1.54, 1.807) is 24.5 Å². The second-order valence-electron chi connectivity index (χ2n) is 3.29. The van der Waals surface area contributed by atoms with E-state index in [0.29, 0.717) is 11.5 Å². The topological polar surface area (TPSA) is 88.0 Å². The van der Waals surface area contributed by atoms with Crippen LogP contribution < -0.4 is 5.32 Å². The van der Waals surface area contributed by atoms with Gasteiger partial charge in [-0.15, -0.1) is 10.2 Å². The normalized spacial score (nSPS) is 9.88. The highest BCUT2D eigenvalue weighted by Crippen LogP contribution is 2.15. The average molecular weight is 230 g/mol. The Hall–Kier alpha value is -2.50. The fourth-order valence-electron chi connectivity index (χ4n) is 1.27. The number of pyridine rings is 1. The van der Waals surface area contributed by atoms with Crippen molar-refractivity contribution >= 4 is 11.8 Å². The number of nitrogens with zero attached hydrogens (tertiary/aromatic N) is 3. The van der Waals surface area contributed by atoms with Crippen molar-refractivity contribution in [2.75, 3.05) is 11.9 Å². The van der Waals surface area contributed by atoms with Crippen molar-refractivity contribution in [2.24, 2.45) is 0 Å². The van der Waals surface area contributed by atoms with Crippen LogP contribution in [-0.2, 0) is 4.79 Å². The third-order valence-corrected chi connectivity index (χ3v) is 2.06. The number of rotatable bonds is 4. The summed E-state index contributed by atoms with van der Waals surface area (Å²) in [5, 5.41) is 19.0. The molecule has 2 heterocycles. The van der Waals surface area contributed by atoms with Crippen molar-refractivity contribution in [3.63, 3.8) is 0 Å². The smallest absolute Gasteiger partial charge is 0.322 e. The van der Waals surface area contributed by atoms with Gasteiger partial charge in [0.25, 0.3) is 0 Å². The summed E-state index contributed by atoms with van der Waals surface area (Å²) in [5.41, 5.74) is 1.63. The number of anilines is 1. The van der Waals surface area contributed by atoms with E-state index in [-0.39, 0.29) is 6.54 Å². The fraction of sp³-hybridized carbons (Fsp3) is 0.0909. The van der Waals surface area contributed by atoms with E-state index in [4.69, 9.17) is 5.11 Å². The number of aliphatic carboxylic acids is 1. The molecule has 0 aliphatic carbocycles. The van der Waals surface area contributed by atoms with Crippen molar-refractivity contribution in [3.05, 3.63) is 36.7 Å². The number of hydrogen-bond donors (Lipinski definition) is 2. The molecule has 0 fully saturated rings. The number of aromatic nitrogens is 3. The molecular formula is C11H10N4O2. The zero-order chi connectivity index (χ0) is 12.1. The molecule has 6 nitrogen and oxygen atoms in total. The molecule has 0 unspecified atom stereocenters. The van der Waals surface area contributed by atoms with Crippen LogP contribution in [0, 0.1) is 0 Å². The maximum absolute atomic E-state index is 10.3. The van der Waals surface area contributed by atoms with Crippen molar-refractivity contribution in [1.82, 2.24) is 15.2 Å². The molecule has 2 rings (SSSR count). The molecule has 0 radical (unpaired) electrons. The molecule has 2 N–H and O–H groups in total. The van der Waals surface area contributed by atoms with E-state index in [9.17, 15) is 4.79 Å². The van der Waals surface area contributed by atoms with Gasteiger partial charge in [-0.25, -0.2) is 0 Å². The first-order valence-corrected chi connectivity index (χ1v) is 4.95. The van der Waals surface area contributed by atoms with Gasteiger partial charge < -0.3 is 10.4 Å². The Morgan fingerprint density at radius 1 is 1.18 bits per heavy atom. The Labute approximate surface area is 97.4 Å². The van der Waals surface area contributed by atoms with Gasteiger partial charge in [-0.2, -0.15) is 0 Å². The van der Waals surface area contributed by atoms with E-state index in [1.807, 2.05) is 12.1 Å². The quantitative estimate of drug-likeness (QED) is 0.815. The Balaban J connectivity index is 2.11. The summed E-state index contributed by atoms with van der Waals surface area (Å²) in [6.07, 6.45) is 3.35. The molecule has 0 spiro atoms. The van der Waals surface area contributed by atoms with Crippen LogP contribution in [0.15, 0.2) is 36.7 Å². The maximum atomic E-state index is 10.3. The lowest BCUT2D eigenvalue weighted by molar-refractivity contribution is -0.134. The van der Waals surface area contributed by atoms with Crippen molar-refractivity contribution in [2.45, 2.75) is 0 Å². The number of carbonyl (C=O) groups is 1. The predicted molar refractivity (Wildman–Crippen MR) is 61.4 cm³/mol. The lowest BCUT2D eigenvalue weighted by Gasteiger charge is -2.02. The molecule has 2 aromatic rings. The lowest BCUT2D eigenvalue weighted by atomic mass is 10.2. The van der Waals surface area contributed by atoms with Crippen molar-refractivity contribution in [3.8, 4) is 11.3 Å². The molecule has 0 atom stereocenters. The van der Waals surface area contributed by atoms with Gasteiger partial charge in [-0.3, -0.25) is 9.78 Å².